The smallest absolute Gasteiger partial charge is 0.274 e. The van der Waals surface area contributed by atoms with Gasteiger partial charge in [-0.1, -0.05) is 0 Å². The van der Waals surface area contributed by atoms with Crippen molar-refractivity contribution >= 4 is 30.7 Å². The summed E-state index contributed by atoms with van der Waals surface area (Å²) in [5.74, 6) is 1.69. The number of hydrogen-bond acceptors (Lipinski definition) is 5. The molecule has 0 radical (unpaired) electrons. The Morgan fingerprint density at radius 1 is 1.07 bits per heavy atom. The number of H-pyrrole nitrogens is 1. The maximum atomic E-state index is 13.0. The molecule has 1 spiro atoms. The van der Waals surface area contributed by atoms with Crippen molar-refractivity contribution in [3.8, 4) is 0 Å². The topological polar surface area (TPSA) is 95.9 Å². The second kappa shape index (κ2) is 8.69. The first-order valence-electron chi connectivity index (χ1n) is 10.2. The molecule has 2 aliphatic heterocycles. The number of hydrogen-bond donors (Lipinski definition) is 2. The predicted octanol–water partition coefficient (Wildman–Crippen LogP) is 1.38. The molecule has 0 unspecified atom stereocenters. The van der Waals surface area contributed by atoms with Crippen LogP contribution < -0.4 is 10.9 Å². The number of carbonyl (C=O) groups is 1. The van der Waals surface area contributed by atoms with Crippen LogP contribution in [0, 0.1) is 6.92 Å². The zero-order valence-electron chi connectivity index (χ0n) is 17.1. The minimum absolute atomic E-state index is 0. The lowest BCUT2D eigenvalue weighted by molar-refractivity contribution is 0.0657. The number of aryl methyl sites for hydroxylation is 1. The molecule has 2 aromatic heterocycles. The zero-order valence-corrected chi connectivity index (χ0v) is 18.7. The van der Waals surface area contributed by atoms with Gasteiger partial charge in [-0.05, 0) is 32.6 Å². The summed E-state index contributed by atoms with van der Waals surface area (Å²) < 4.78 is 2.10. The van der Waals surface area contributed by atoms with Gasteiger partial charge in [-0.15, -0.1) is 24.8 Å². The number of nitrogens with one attached hydrogen (secondary N) is 2. The fraction of sp³-hybridized carbons (Fsp3) is 0.600. The standard InChI is InChI=1S/C20H26N6O2.2ClH/c1-13-22-17-14(18(27)23-13)2-4-20(17)5-9-25(10-6-20)19(28)15-12-26-11-8-21-7-3-16(26)24-15;;/h12,21H,2-11H2,1H3,(H,22,23,27);2*1H. The van der Waals surface area contributed by atoms with Crippen LogP contribution >= 0.6 is 24.8 Å². The van der Waals surface area contributed by atoms with Gasteiger partial charge in [0.1, 0.15) is 17.3 Å². The van der Waals surface area contributed by atoms with E-state index in [1.807, 2.05) is 18.0 Å². The largest absolute Gasteiger partial charge is 0.337 e. The number of aromatic nitrogens is 4. The lowest BCUT2D eigenvalue weighted by Gasteiger charge is -2.39. The van der Waals surface area contributed by atoms with E-state index in [-0.39, 0.29) is 41.7 Å². The number of halogens is 2. The molecule has 2 aromatic rings. The van der Waals surface area contributed by atoms with E-state index in [0.29, 0.717) is 24.6 Å². The summed E-state index contributed by atoms with van der Waals surface area (Å²) in [6.45, 7) is 5.89. The fourth-order valence-electron chi connectivity index (χ4n) is 5.03. The third-order valence-electron chi connectivity index (χ3n) is 6.63. The van der Waals surface area contributed by atoms with Gasteiger partial charge in [0, 0.05) is 56.3 Å². The molecule has 1 amide bonds. The molecule has 0 aromatic carbocycles. The molecule has 5 rings (SSSR count). The molecular weight excluding hydrogens is 427 g/mol. The number of rotatable bonds is 1. The van der Waals surface area contributed by atoms with E-state index in [1.165, 1.54) is 0 Å². The van der Waals surface area contributed by atoms with Crippen LogP contribution in [0.2, 0.25) is 0 Å². The highest BCUT2D eigenvalue weighted by Gasteiger charge is 2.44. The number of nitrogens with zero attached hydrogens (tertiary/aromatic N) is 4. The summed E-state index contributed by atoms with van der Waals surface area (Å²) in [6, 6.07) is 0. The van der Waals surface area contributed by atoms with Crippen molar-refractivity contribution in [2.45, 2.75) is 51.0 Å². The molecule has 1 aliphatic carbocycles. The van der Waals surface area contributed by atoms with E-state index in [1.54, 1.807) is 0 Å². The van der Waals surface area contributed by atoms with Crippen LogP contribution in [0.1, 0.15) is 52.7 Å². The quantitative estimate of drug-likeness (QED) is 0.678. The molecule has 2 N–H and O–H groups in total. The number of piperidine rings is 1. The number of fused-ring (bicyclic) bond motifs is 3. The van der Waals surface area contributed by atoms with Crippen LogP contribution in [0.3, 0.4) is 0 Å². The molecular formula is C20H28Cl2N6O2. The lowest BCUT2D eigenvalue weighted by atomic mass is 9.76. The normalized spacial score (nSPS) is 19.3. The molecule has 4 heterocycles. The van der Waals surface area contributed by atoms with Gasteiger partial charge < -0.3 is 19.8 Å². The van der Waals surface area contributed by atoms with E-state index in [2.05, 4.69) is 19.9 Å². The average molecular weight is 455 g/mol. The first kappa shape index (κ1) is 22.8. The van der Waals surface area contributed by atoms with Gasteiger partial charge in [-0.25, -0.2) is 9.97 Å². The van der Waals surface area contributed by atoms with Crippen molar-refractivity contribution in [2.75, 3.05) is 26.2 Å². The zero-order chi connectivity index (χ0) is 19.3. The number of amides is 1. The van der Waals surface area contributed by atoms with E-state index >= 15 is 0 Å². The Labute approximate surface area is 187 Å². The highest BCUT2D eigenvalue weighted by atomic mass is 35.5. The number of aromatic amines is 1. The molecule has 8 nitrogen and oxygen atoms in total. The van der Waals surface area contributed by atoms with Crippen molar-refractivity contribution in [3.05, 3.63) is 45.2 Å². The minimum Gasteiger partial charge on any atom is -0.337 e. The highest BCUT2D eigenvalue weighted by molar-refractivity contribution is 5.92. The molecule has 164 valence electrons. The summed E-state index contributed by atoms with van der Waals surface area (Å²) in [6.07, 6.45) is 6.22. The van der Waals surface area contributed by atoms with Crippen molar-refractivity contribution < 1.29 is 4.79 Å². The molecule has 10 heteroatoms. The second-order valence-corrected chi connectivity index (χ2v) is 8.29. The van der Waals surface area contributed by atoms with Gasteiger partial charge in [0.05, 0.1) is 5.69 Å². The summed E-state index contributed by atoms with van der Waals surface area (Å²) in [4.78, 5) is 39.3. The monoisotopic (exact) mass is 454 g/mol. The van der Waals surface area contributed by atoms with Crippen LogP contribution in [0.4, 0.5) is 0 Å². The third kappa shape index (κ3) is 3.76. The molecule has 1 saturated heterocycles. The first-order valence-corrected chi connectivity index (χ1v) is 10.2. The van der Waals surface area contributed by atoms with E-state index in [9.17, 15) is 9.59 Å². The minimum atomic E-state index is -0.0534. The Hall–Kier alpha value is -1.90. The summed E-state index contributed by atoms with van der Waals surface area (Å²) in [5.41, 5.74) is 2.33. The Morgan fingerprint density at radius 2 is 1.83 bits per heavy atom. The lowest BCUT2D eigenvalue weighted by Crippen LogP contribution is -2.45. The Balaban J connectivity index is 0.00000128. The SMILES string of the molecule is Cc1nc2c(c(=O)[nH]1)CCC21CCN(C(=O)c2cn3c(n2)CCNCC3)CC1.Cl.Cl. The number of imidazole rings is 1. The van der Waals surface area contributed by atoms with Crippen LogP contribution in [0.25, 0.3) is 0 Å². The maximum absolute atomic E-state index is 13.0. The van der Waals surface area contributed by atoms with Gasteiger partial charge >= 0.3 is 0 Å². The third-order valence-corrected chi connectivity index (χ3v) is 6.63. The van der Waals surface area contributed by atoms with Crippen molar-refractivity contribution in [1.82, 2.24) is 29.7 Å². The van der Waals surface area contributed by atoms with E-state index in [0.717, 1.165) is 68.8 Å². The fourth-order valence-corrected chi connectivity index (χ4v) is 5.03. The van der Waals surface area contributed by atoms with Crippen LogP contribution in [-0.2, 0) is 24.8 Å². The van der Waals surface area contributed by atoms with Gasteiger partial charge in [-0.2, -0.15) is 0 Å². The predicted molar refractivity (Wildman–Crippen MR) is 118 cm³/mol. The van der Waals surface area contributed by atoms with Crippen LogP contribution in [-0.4, -0.2) is 56.5 Å². The number of likely N-dealkylation sites (tertiary alicyclic amines) is 1. The Bertz CT molecular complexity index is 970. The van der Waals surface area contributed by atoms with Gasteiger partial charge in [0.25, 0.3) is 11.5 Å². The van der Waals surface area contributed by atoms with Crippen molar-refractivity contribution in [1.29, 1.82) is 0 Å². The van der Waals surface area contributed by atoms with Gasteiger partial charge in [-0.3, -0.25) is 9.59 Å². The van der Waals surface area contributed by atoms with Gasteiger partial charge in [0.2, 0.25) is 0 Å². The van der Waals surface area contributed by atoms with Crippen molar-refractivity contribution in [3.63, 3.8) is 0 Å². The summed E-state index contributed by atoms with van der Waals surface area (Å²) in [7, 11) is 0. The molecule has 1 fully saturated rings. The maximum Gasteiger partial charge on any atom is 0.274 e. The molecule has 3 aliphatic rings. The average Bonchev–Trinajstić information content (AvgIpc) is 3.17. The highest BCUT2D eigenvalue weighted by Crippen LogP contribution is 2.44. The second-order valence-electron chi connectivity index (χ2n) is 8.29. The first-order chi connectivity index (χ1) is 13.6. The Morgan fingerprint density at radius 3 is 2.60 bits per heavy atom. The number of carbonyl (C=O) groups excluding carboxylic acids is 1. The van der Waals surface area contributed by atoms with E-state index in [4.69, 9.17) is 4.98 Å². The van der Waals surface area contributed by atoms with Crippen LogP contribution in [0.5, 0.6) is 0 Å². The Kier molecular flexibility index (Phi) is 6.60. The summed E-state index contributed by atoms with van der Waals surface area (Å²) in [5, 5.41) is 3.35. The summed E-state index contributed by atoms with van der Waals surface area (Å²) >= 11 is 0. The molecule has 30 heavy (non-hydrogen) atoms. The van der Waals surface area contributed by atoms with E-state index < -0.39 is 0 Å². The molecule has 0 atom stereocenters. The van der Waals surface area contributed by atoms with Crippen LogP contribution in [0.15, 0.2) is 11.0 Å². The van der Waals surface area contributed by atoms with Gasteiger partial charge in [0.15, 0.2) is 0 Å². The molecule has 0 saturated carbocycles. The molecule has 0 bridgehead atoms. The van der Waals surface area contributed by atoms with Crippen molar-refractivity contribution in [2.24, 2.45) is 0 Å².